The van der Waals surface area contributed by atoms with Gasteiger partial charge in [0.15, 0.2) is 0 Å². The van der Waals surface area contributed by atoms with E-state index >= 15 is 0 Å². The van der Waals surface area contributed by atoms with E-state index in [4.69, 9.17) is 13.8 Å². The molecule has 0 heterocycles. The van der Waals surface area contributed by atoms with Crippen LogP contribution in [0.4, 0.5) is 0 Å². The van der Waals surface area contributed by atoms with Gasteiger partial charge in [0.1, 0.15) is 13.2 Å². The first-order chi connectivity index (χ1) is 19.5. The Labute approximate surface area is 253 Å². The number of carbonyl (C=O) groups excluding carboxylic acids is 1. The number of allylic oxidation sites excluding steroid dienone is 1. The number of amides is 1. The molecule has 41 heavy (non-hydrogen) atoms. The average molecular weight is 606 g/mol. The zero-order valence-corrected chi connectivity index (χ0v) is 28.4. The maximum atomic E-state index is 12.7. The molecule has 0 aromatic heterocycles. The number of nitrogens with zero attached hydrogens (tertiary/aromatic N) is 1. The zero-order chi connectivity index (χ0) is 30.8. The highest BCUT2D eigenvalue weighted by atomic mass is 31.2. The molecule has 0 fully saturated rings. The van der Waals surface area contributed by atoms with Crippen molar-refractivity contribution in [3.63, 3.8) is 0 Å². The third-order valence-corrected chi connectivity index (χ3v) is 8.24. The van der Waals surface area contributed by atoms with E-state index in [-0.39, 0.29) is 19.1 Å². The van der Waals surface area contributed by atoms with Crippen molar-refractivity contribution < 1.29 is 32.5 Å². The molecule has 0 rings (SSSR count). The quantitative estimate of drug-likeness (QED) is 0.0389. The number of nitrogens with one attached hydrogen (secondary N) is 1. The van der Waals surface area contributed by atoms with Crippen molar-refractivity contribution in [2.24, 2.45) is 0 Å². The predicted molar refractivity (Wildman–Crippen MR) is 171 cm³/mol. The van der Waals surface area contributed by atoms with Gasteiger partial charge in [0.25, 0.3) is 0 Å². The summed E-state index contributed by atoms with van der Waals surface area (Å²) in [5.41, 5.74) is 0. The fourth-order valence-corrected chi connectivity index (χ4v) is 5.30. The molecule has 0 spiro atoms. The molecule has 0 aliphatic rings. The number of phosphoric acid groups is 1. The highest BCUT2D eigenvalue weighted by Crippen LogP contribution is 2.43. The lowest BCUT2D eigenvalue weighted by Crippen LogP contribution is -2.46. The molecule has 8 nitrogen and oxygen atoms in total. The Bertz CT molecular complexity index is 698. The van der Waals surface area contributed by atoms with Crippen molar-refractivity contribution in [2.75, 3.05) is 48.0 Å². The second kappa shape index (κ2) is 25.7. The number of hydrogen-bond donors (Lipinski definition) is 2. The van der Waals surface area contributed by atoms with Crippen LogP contribution >= 0.6 is 7.82 Å². The third kappa shape index (κ3) is 26.6. The molecule has 2 N–H and O–H groups in total. The van der Waals surface area contributed by atoms with E-state index in [1.54, 1.807) is 7.11 Å². The van der Waals surface area contributed by atoms with Crippen LogP contribution in [0.3, 0.4) is 0 Å². The number of likely N-dealkylation sites (N-methyl/N-ethyl adjacent to an activating group) is 1. The van der Waals surface area contributed by atoms with Crippen molar-refractivity contribution in [3.05, 3.63) is 12.2 Å². The molecular weight excluding hydrogens is 539 g/mol. The van der Waals surface area contributed by atoms with Crippen LogP contribution in [0.25, 0.3) is 0 Å². The summed E-state index contributed by atoms with van der Waals surface area (Å²) in [6.07, 6.45) is 24.6. The van der Waals surface area contributed by atoms with Crippen LogP contribution in [0.5, 0.6) is 0 Å². The lowest BCUT2D eigenvalue weighted by molar-refractivity contribution is -0.870. The molecule has 0 aliphatic carbocycles. The van der Waals surface area contributed by atoms with Gasteiger partial charge in [-0.3, -0.25) is 13.8 Å². The van der Waals surface area contributed by atoms with Crippen LogP contribution in [-0.4, -0.2) is 75.4 Å². The van der Waals surface area contributed by atoms with Crippen LogP contribution in [0.2, 0.25) is 0 Å². The maximum absolute atomic E-state index is 12.7. The summed E-state index contributed by atoms with van der Waals surface area (Å²) in [6.45, 7) is 4.90. The molecule has 0 saturated carbocycles. The Morgan fingerprint density at radius 1 is 0.829 bits per heavy atom. The van der Waals surface area contributed by atoms with Crippen molar-refractivity contribution in [2.45, 2.75) is 142 Å². The Hall–Kier alpha value is -0.760. The standard InChI is InChI=1S/C32H65N2O6P/c1-7-9-11-13-14-15-16-17-18-19-20-22-23-25-31(38-6)30(33-32(35)26-24-21-12-10-8-2)29-40-41(36,37)39-28-27-34(3,4)5/h23,25,30-31H,7-22,24,26-29H2,1-6H3,(H-,33,35,36,37)/p+1/t30-,31+/m0/s1. The van der Waals surface area contributed by atoms with E-state index in [9.17, 15) is 14.3 Å². The molecule has 1 amide bonds. The second-order valence-electron chi connectivity index (χ2n) is 12.4. The highest BCUT2D eigenvalue weighted by molar-refractivity contribution is 7.47. The summed E-state index contributed by atoms with van der Waals surface area (Å²) in [5, 5.41) is 2.98. The fraction of sp³-hybridized carbons (Fsp3) is 0.906. The van der Waals surface area contributed by atoms with Gasteiger partial charge in [0.2, 0.25) is 5.91 Å². The highest BCUT2D eigenvalue weighted by Gasteiger charge is 2.28. The van der Waals surface area contributed by atoms with Crippen LogP contribution in [0.15, 0.2) is 12.2 Å². The normalized spacial score (nSPS) is 15.2. The minimum absolute atomic E-state index is 0.0959. The van der Waals surface area contributed by atoms with Gasteiger partial charge in [0.05, 0.1) is 39.9 Å². The summed E-state index contributed by atoms with van der Waals surface area (Å²) in [5.74, 6) is -0.102. The van der Waals surface area contributed by atoms with Gasteiger partial charge in [0, 0.05) is 13.5 Å². The molecule has 0 radical (unpaired) electrons. The van der Waals surface area contributed by atoms with Crippen molar-refractivity contribution in [1.29, 1.82) is 0 Å². The number of carbonyl (C=O) groups is 1. The Morgan fingerprint density at radius 3 is 1.85 bits per heavy atom. The largest absolute Gasteiger partial charge is 0.472 e. The molecule has 0 saturated heterocycles. The van der Waals surface area contributed by atoms with Gasteiger partial charge in [-0.2, -0.15) is 0 Å². The number of hydrogen-bond acceptors (Lipinski definition) is 5. The van der Waals surface area contributed by atoms with Crippen LogP contribution in [0.1, 0.15) is 129 Å². The van der Waals surface area contributed by atoms with E-state index in [1.807, 2.05) is 27.2 Å². The number of unbranched alkanes of at least 4 members (excludes halogenated alkanes) is 15. The average Bonchev–Trinajstić information content (AvgIpc) is 2.90. The first kappa shape index (κ1) is 40.2. The number of methoxy groups -OCH3 is 1. The molecule has 0 aromatic rings. The third-order valence-electron chi connectivity index (χ3n) is 7.26. The number of phosphoric ester groups is 1. The summed E-state index contributed by atoms with van der Waals surface area (Å²) in [4.78, 5) is 22.9. The molecule has 0 aliphatic heterocycles. The van der Waals surface area contributed by atoms with E-state index in [0.29, 0.717) is 17.4 Å². The zero-order valence-electron chi connectivity index (χ0n) is 27.5. The molecule has 0 aromatic carbocycles. The van der Waals surface area contributed by atoms with E-state index in [2.05, 4.69) is 25.2 Å². The SMILES string of the molecule is CCCCCCCCCCCCCC=C[C@@H](OC)[C@H](COP(=O)(O)OCC[N+](C)(C)C)NC(=O)CCCCCCC. The second-order valence-corrected chi connectivity index (χ2v) is 13.9. The lowest BCUT2D eigenvalue weighted by atomic mass is 10.0. The Kier molecular flexibility index (Phi) is 25.2. The summed E-state index contributed by atoms with van der Waals surface area (Å²) >= 11 is 0. The molecule has 0 bridgehead atoms. The minimum Gasteiger partial charge on any atom is -0.375 e. The number of ether oxygens (including phenoxy) is 1. The van der Waals surface area contributed by atoms with Gasteiger partial charge in [-0.25, -0.2) is 4.57 Å². The van der Waals surface area contributed by atoms with Gasteiger partial charge in [-0.15, -0.1) is 0 Å². The topological polar surface area (TPSA) is 94.1 Å². The summed E-state index contributed by atoms with van der Waals surface area (Å²) < 4.78 is 29.2. The van der Waals surface area contributed by atoms with E-state index < -0.39 is 20.0 Å². The maximum Gasteiger partial charge on any atom is 0.472 e. The lowest BCUT2D eigenvalue weighted by Gasteiger charge is -2.26. The first-order valence-corrected chi connectivity index (χ1v) is 17.9. The van der Waals surface area contributed by atoms with E-state index in [0.717, 1.165) is 38.5 Å². The van der Waals surface area contributed by atoms with Crippen LogP contribution < -0.4 is 5.32 Å². The molecule has 1 unspecified atom stereocenters. The van der Waals surface area contributed by atoms with Crippen molar-refractivity contribution >= 4 is 13.7 Å². The molecule has 3 atom stereocenters. The monoisotopic (exact) mass is 605 g/mol. The van der Waals surface area contributed by atoms with E-state index in [1.165, 1.54) is 70.6 Å². The summed E-state index contributed by atoms with van der Waals surface area (Å²) in [7, 11) is 3.26. The summed E-state index contributed by atoms with van der Waals surface area (Å²) in [6, 6.07) is -0.598. The van der Waals surface area contributed by atoms with Crippen LogP contribution in [-0.2, 0) is 23.1 Å². The molecule has 244 valence electrons. The predicted octanol–water partition coefficient (Wildman–Crippen LogP) is 7.94. The molecular formula is C32H66N2O6P+. The van der Waals surface area contributed by atoms with Crippen molar-refractivity contribution in [1.82, 2.24) is 5.32 Å². The van der Waals surface area contributed by atoms with Gasteiger partial charge < -0.3 is 19.4 Å². The number of quaternary nitrogens is 1. The number of rotatable bonds is 29. The fourth-order valence-electron chi connectivity index (χ4n) is 4.56. The molecule has 9 heteroatoms. The Balaban J connectivity index is 4.72. The van der Waals surface area contributed by atoms with Crippen LogP contribution in [0, 0.1) is 0 Å². The first-order valence-electron chi connectivity index (χ1n) is 16.5. The smallest absolute Gasteiger partial charge is 0.375 e. The van der Waals surface area contributed by atoms with Gasteiger partial charge >= 0.3 is 7.82 Å². The van der Waals surface area contributed by atoms with Gasteiger partial charge in [-0.05, 0) is 19.3 Å². The van der Waals surface area contributed by atoms with Gasteiger partial charge in [-0.1, -0.05) is 116 Å². The minimum atomic E-state index is -4.26. The van der Waals surface area contributed by atoms with Crippen molar-refractivity contribution in [3.8, 4) is 0 Å². The Morgan fingerprint density at radius 2 is 1.34 bits per heavy atom.